The van der Waals surface area contributed by atoms with Gasteiger partial charge in [-0.1, -0.05) is 77.3 Å². The summed E-state index contributed by atoms with van der Waals surface area (Å²) in [7, 11) is 0. The first-order valence-electron chi connectivity index (χ1n) is 9.60. The SMILES string of the molecule is O=C(/C=C/c1ccccc1)NC(N1CCCN(c2ccccc2[N+](=O)[O-])C1=S)C(Cl)(Cl)Cl. The number of nitro groups is 1. The van der Waals surface area contributed by atoms with Crippen molar-refractivity contribution >= 4 is 75.5 Å². The number of nitrogens with one attached hydrogen (secondary N) is 1. The van der Waals surface area contributed by atoms with E-state index in [0.717, 1.165) is 5.56 Å². The van der Waals surface area contributed by atoms with Gasteiger partial charge in [0, 0.05) is 25.2 Å². The molecule has 1 aliphatic heterocycles. The quantitative estimate of drug-likeness (QED) is 0.194. The Hall–Kier alpha value is -2.39. The summed E-state index contributed by atoms with van der Waals surface area (Å²) in [5.41, 5.74) is 1.09. The lowest BCUT2D eigenvalue weighted by molar-refractivity contribution is -0.384. The molecular weight excluding hydrogens is 495 g/mol. The summed E-state index contributed by atoms with van der Waals surface area (Å²) in [6.07, 6.45) is 2.47. The second-order valence-corrected chi connectivity index (χ2v) is 9.66. The molecular formula is C21H19Cl3N4O3S. The van der Waals surface area contributed by atoms with Crippen molar-refractivity contribution in [3.8, 4) is 0 Å². The summed E-state index contributed by atoms with van der Waals surface area (Å²) >= 11 is 24.2. The molecule has 1 fully saturated rings. The summed E-state index contributed by atoms with van der Waals surface area (Å²) in [5.74, 6) is -0.476. The number of hydrogen-bond donors (Lipinski definition) is 1. The van der Waals surface area contributed by atoms with Crippen LogP contribution in [-0.2, 0) is 4.79 Å². The summed E-state index contributed by atoms with van der Waals surface area (Å²) in [4.78, 5) is 26.8. The van der Waals surface area contributed by atoms with Gasteiger partial charge in [-0.15, -0.1) is 0 Å². The van der Waals surface area contributed by atoms with Gasteiger partial charge in [-0.3, -0.25) is 14.9 Å². The number of carbonyl (C=O) groups excluding carboxylic acids is 1. The van der Waals surface area contributed by atoms with Gasteiger partial charge in [-0.2, -0.15) is 0 Å². The molecule has 1 heterocycles. The van der Waals surface area contributed by atoms with E-state index in [2.05, 4.69) is 5.32 Å². The number of anilines is 1. The first-order chi connectivity index (χ1) is 15.2. The fraction of sp³-hybridized carbons (Fsp3) is 0.238. The second-order valence-electron chi connectivity index (χ2n) is 6.92. The van der Waals surface area contributed by atoms with Crippen molar-refractivity contribution in [3.63, 3.8) is 0 Å². The van der Waals surface area contributed by atoms with E-state index in [1.807, 2.05) is 30.3 Å². The highest BCUT2D eigenvalue weighted by Gasteiger charge is 2.42. The molecule has 0 bridgehead atoms. The van der Waals surface area contributed by atoms with Crippen molar-refractivity contribution < 1.29 is 9.72 Å². The fourth-order valence-corrected chi connectivity index (χ4v) is 4.21. The average molecular weight is 514 g/mol. The number of nitro benzene ring substituents is 1. The van der Waals surface area contributed by atoms with E-state index < -0.39 is 20.8 Å². The van der Waals surface area contributed by atoms with Gasteiger partial charge in [0.15, 0.2) is 11.3 Å². The molecule has 1 atom stereocenters. The largest absolute Gasteiger partial charge is 0.328 e. The summed E-state index contributed by atoms with van der Waals surface area (Å²) in [6.45, 7) is 0.853. The minimum absolute atomic E-state index is 0.0861. The molecule has 32 heavy (non-hydrogen) atoms. The fourth-order valence-electron chi connectivity index (χ4n) is 3.31. The Morgan fingerprint density at radius 2 is 1.78 bits per heavy atom. The molecule has 2 aromatic rings. The Morgan fingerprint density at radius 1 is 1.12 bits per heavy atom. The second kappa shape index (κ2) is 10.5. The van der Waals surface area contributed by atoms with Gasteiger partial charge < -0.3 is 15.1 Å². The number of alkyl halides is 3. The normalized spacial score (nSPS) is 15.7. The smallest absolute Gasteiger partial charge is 0.292 e. The molecule has 0 radical (unpaired) electrons. The van der Waals surface area contributed by atoms with Gasteiger partial charge in [0.05, 0.1) is 4.92 Å². The zero-order chi connectivity index (χ0) is 23.3. The van der Waals surface area contributed by atoms with E-state index in [1.165, 1.54) is 12.1 Å². The standard InChI is InChI=1S/C21H19Cl3N4O3S/c22-21(23,24)19(25-18(29)12-11-15-7-2-1-3-8-15)27-14-6-13-26(20(27)32)16-9-4-5-10-17(16)28(30)31/h1-5,7-12,19H,6,13-14H2,(H,25,29)/b12-11+. The van der Waals surface area contributed by atoms with Gasteiger partial charge in [0.25, 0.3) is 5.69 Å². The topological polar surface area (TPSA) is 78.7 Å². The molecule has 168 valence electrons. The molecule has 0 saturated carbocycles. The number of thiocarbonyl (C=S) groups is 1. The molecule has 1 N–H and O–H groups in total. The zero-order valence-electron chi connectivity index (χ0n) is 16.7. The Labute approximate surface area is 205 Å². The predicted molar refractivity (Wildman–Crippen MR) is 132 cm³/mol. The third kappa shape index (κ3) is 5.89. The molecule has 1 saturated heterocycles. The summed E-state index contributed by atoms with van der Waals surface area (Å²) in [6, 6.07) is 15.6. The molecule has 7 nitrogen and oxygen atoms in total. The Morgan fingerprint density at radius 3 is 2.44 bits per heavy atom. The maximum Gasteiger partial charge on any atom is 0.292 e. The van der Waals surface area contributed by atoms with Gasteiger partial charge in [-0.05, 0) is 36.3 Å². The van der Waals surface area contributed by atoms with E-state index in [4.69, 9.17) is 47.0 Å². The van der Waals surface area contributed by atoms with E-state index in [-0.39, 0.29) is 10.8 Å². The number of rotatable bonds is 6. The van der Waals surface area contributed by atoms with Crippen LogP contribution in [0.2, 0.25) is 0 Å². The van der Waals surface area contributed by atoms with E-state index in [0.29, 0.717) is 25.2 Å². The number of benzene rings is 2. The first kappa shape index (κ1) is 24.3. The molecule has 0 aliphatic carbocycles. The lowest BCUT2D eigenvalue weighted by atomic mass is 10.2. The van der Waals surface area contributed by atoms with E-state index in [1.54, 1.807) is 34.1 Å². The highest BCUT2D eigenvalue weighted by atomic mass is 35.6. The molecule has 1 aliphatic rings. The van der Waals surface area contributed by atoms with Crippen molar-refractivity contribution in [2.24, 2.45) is 0 Å². The zero-order valence-corrected chi connectivity index (χ0v) is 19.7. The van der Waals surface area contributed by atoms with E-state index >= 15 is 0 Å². The minimum atomic E-state index is -1.91. The van der Waals surface area contributed by atoms with Crippen LogP contribution in [0.15, 0.2) is 60.7 Å². The average Bonchev–Trinajstić information content (AvgIpc) is 2.76. The number of para-hydroxylation sites is 2. The van der Waals surface area contributed by atoms with Crippen molar-refractivity contribution in [2.45, 2.75) is 16.4 Å². The van der Waals surface area contributed by atoms with Gasteiger partial charge in [-0.25, -0.2) is 0 Å². The van der Waals surface area contributed by atoms with Crippen LogP contribution < -0.4 is 10.2 Å². The van der Waals surface area contributed by atoms with Crippen LogP contribution in [0.4, 0.5) is 11.4 Å². The Bertz CT molecular complexity index is 1030. The third-order valence-electron chi connectivity index (χ3n) is 4.75. The van der Waals surface area contributed by atoms with Crippen LogP contribution in [0.1, 0.15) is 12.0 Å². The van der Waals surface area contributed by atoms with Crippen molar-refractivity contribution in [1.29, 1.82) is 0 Å². The number of halogens is 3. The number of carbonyl (C=O) groups is 1. The monoisotopic (exact) mass is 512 g/mol. The van der Waals surface area contributed by atoms with E-state index in [9.17, 15) is 14.9 Å². The molecule has 1 amide bonds. The first-order valence-corrected chi connectivity index (χ1v) is 11.1. The highest BCUT2D eigenvalue weighted by Crippen LogP contribution is 2.36. The van der Waals surface area contributed by atoms with Gasteiger partial charge in [0.2, 0.25) is 9.70 Å². The molecule has 1 unspecified atom stereocenters. The number of nitrogens with zero attached hydrogens (tertiary/aromatic N) is 3. The van der Waals surface area contributed by atoms with Crippen molar-refractivity contribution in [1.82, 2.24) is 10.2 Å². The molecule has 3 rings (SSSR count). The van der Waals surface area contributed by atoms with Crippen molar-refractivity contribution in [3.05, 3.63) is 76.4 Å². The number of amides is 1. The molecule has 0 spiro atoms. The number of hydrogen-bond acceptors (Lipinski definition) is 4. The Kier molecular flexibility index (Phi) is 7.95. The van der Waals surface area contributed by atoms with Crippen LogP contribution in [-0.4, -0.2) is 43.9 Å². The maximum absolute atomic E-state index is 12.6. The lowest BCUT2D eigenvalue weighted by Gasteiger charge is -2.44. The van der Waals surface area contributed by atoms with Crippen molar-refractivity contribution in [2.75, 3.05) is 18.0 Å². The summed E-state index contributed by atoms with van der Waals surface area (Å²) < 4.78 is -1.91. The van der Waals surface area contributed by atoms with Gasteiger partial charge >= 0.3 is 0 Å². The predicted octanol–water partition coefficient (Wildman–Crippen LogP) is 4.92. The van der Waals surface area contributed by atoms with Crippen LogP contribution >= 0.6 is 47.0 Å². The molecule has 0 aromatic heterocycles. The highest BCUT2D eigenvalue weighted by molar-refractivity contribution is 7.80. The molecule has 2 aromatic carbocycles. The molecule has 11 heteroatoms. The maximum atomic E-state index is 12.6. The summed E-state index contributed by atoms with van der Waals surface area (Å²) in [5, 5.41) is 14.4. The minimum Gasteiger partial charge on any atom is -0.328 e. The van der Waals surface area contributed by atoms with Crippen LogP contribution in [0.5, 0.6) is 0 Å². The van der Waals surface area contributed by atoms with Gasteiger partial charge in [0.1, 0.15) is 5.69 Å². The Balaban J connectivity index is 1.83. The van der Waals surface area contributed by atoms with Crippen LogP contribution in [0, 0.1) is 10.1 Å². The lowest BCUT2D eigenvalue weighted by Crippen LogP contribution is -2.62. The van der Waals surface area contributed by atoms with Crippen LogP contribution in [0.3, 0.4) is 0 Å². The van der Waals surface area contributed by atoms with Crippen LogP contribution in [0.25, 0.3) is 6.08 Å². The third-order valence-corrected chi connectivity index (χ3v) is 5.83.